The maximum Gasteiger partial charge on any atom is 0.406 e. The highest BCUT2D eigenvalue weighted by molar-refractivity contribution is 6.33. The van der Waals surface area contributed by atoms with E-state index in [4.69, 9.17) is 11.6 Å². The van der Waals surface area contributed by atoms with Crippen LogP contribution in [0.25, 0.3) is 0 Å². The summed E-state index contributed by atoms with van der Waals surface area (Å²) in [5, 5.41) is 0.0520. The molecule has 0 saturated carbocycles. The number of aromatic nitrogens is 1. The van der Waals surface area contributed by atoms with Gasteiger partial charge in [-0.2, -0.15) is 13.2 Å². The number of unbranched alkanes of at least 4 members (excludes halogenated alkanes) is 1. The second-order valence-electron chi connectivity index (χ2n) is 4.05. The maximum absolute atomic E-state index is 12.5. The van der Waals surface area contributed by atoms with E-state index in [1.54, 1.807) is 0 Å². The largest absolute Gasteiger partial charge is 0.406 e. The molecule has 0 aromatic carbocycles. The van der Waals surface area contributed by atoms with Crippen LogP contribution in [0.3, 0.4) is 0 Å². The molecule has 0 N–H and O–H groups in total. The van der Waals surface area contributed by atoms with Crippen molar-refractivity contribution in [2.45, 2.75) is 25.9 Å². The van der Waals surface area contributed by atoms with Crippen molar-refractivity contribution in [2.24, 2.45) is 0 Å². The summed E-state index contributed by atoms with van der Waals surface area (Å²) in [5.74, 6) is -0.724. The predicted octanol–water partition coefficient (Wildman–Crippen LogP) is 3.54. The third kappa shape index (κ3) is 5.06. The monoisotopic (exact) mass is 294 g/mol. The number of pyridine rings is 1. The Morgan fingerprint density at radius 3 is 2.68 bits per heavy atom. The normalized spacial score (nSPS) is 11.4. The number of carbonyl (C=O) groups excluding carboxylic acids is 1. The first-order valence-corrected chi connectivity index (χ1v) is 6.18. The molecule has 0 aliphatic rings. The SMILES string of the molecule is CCCCN(CC(F)(F)F)C(=O)c1ccncc1Cl. The lowest BCUT2D eigenvalue weighted by molar-refractivity contribution is -0.140. The highest BCUT2D eigenvalue weighted by atomic mass is 35.5. The van der Waals surface area contributed by atoms with Crippen molar-refractivity contribution in [1.82, 2.24) is 9.88 Å². The van der Waals surface area contributed by atoms with Gasteiger partial charge in [-0.05, 0) is 12.5 Å². The molecular formula is C12H14ClF3N2O. The summed E-state index contributed by atoms with van der Waals surface area (Å²) in [6, 6.07) is 1.32. The summed E-state index contributed by atoms with van der Waals surface area (Å²) in [6.45, 7) is 0.619. The minimum absolute atomic E-state index is 0.0389. The van der Waals surface area contributed by atoms with Crippen molar-refractivity contribution >= 4 is 17.5 Å². The number of nitrogens with zero attached hydrogens (tertiary/aromatic N) is 2. The van der Waals surface area contributed by atoms with E-state index in [-0.39, 0.29) is 17.1 Å². The van der Waals surface area contributed by atoms with Crippen LogP contribution in [-0.4, -0.2) is 35.1 Å². The van der Waals surface area contributed by atoms with Crippen LogP contribution in [0.1, 0.15) is 30.1 Å². The Morgan fingerprint density at radius 1 is 1.47 bits per heavy atom. The maximum atomic E-state index is 12.5. The molecule has 0 aliphatic heterocycles. The molecule has 3 nitrogen and oxygen atoms in total. The van der Waals surface area contributed by atoms with Gasteiger partial charge in [0, 0.05) is 18.9 Å². The minimum atomic E-state index is -4.43. The molecule has 1 amide bonds. The quantitative estimate of drug-likeness (QED) is 0.832. The lowest BCUT2D eigenvalue weighted by Gasteiger charge is -2.24. The van der Waals surface area contributed by atoms with Gasteiger partial charge in [0.1, 0.15) is 6.54 Å². The van der Waals surface area contributed by atoms with Crippen LogP contribution < -0.4 is 0 Å². The van der Waals surface area contributed by atoms with Gasteiger partial charge in [0.05, 0.1) is 10.6 Å². The van der Waals surface area contributed by atoms with Gasteiger partial charge < -0.3 is 4.90 Å². The Labute approximate surface area is 114 Å². The van der Waals surface area contributed by atoms with Crippen molar-refractivity contribution in [3.63, 3.8) is 0 Å². The van der Waals surface area contributed by atoms with Crippen molar-refractivity contribution in [1.29, 1.82) is 0 Å². The number of halogens is 4. The molecule has 0 fully saturated rings. The first-order valence-electron chi connectivity index (χ1n) is 5.80. The summed E-state index contributed by atoms with van der Waals surface area (Å²) in [7, 11) is 0. The molecule has 106 valence electrons. The number of carbonyl (C=O) groups is 1. The van der Waals surface area contributed by atoms with Gasteiger partial charge in [0.2, 0.25) is 0 Å². The number of rotatable bonds is 5. The summed E-state index contributed by atoms with van der Waals surface area (Å²) in [5.41, 5.74) is 0.0389. The van der Waals surface area contributed by atoms with E-state index in [2.05, 4.69) is 4.98 Å². The van der Waals surface area contributed by atoms with Crippen LogP contribution >= 0.6 is 11.6 Å². The smallest absolute Gasteiger partial charge is 0.329 e. The number of amides is 1. The summed E-state index contributed by atoms with van der Waals surface area (Å²) in [4.78, 5) is 16.5. The first kappa shape index (κ1) is 15.8. The third-order valence-electron chi connectivity index (χ3n) is 2.44. The molecule has 1 rings (SSSR count). The molecule has 0 atom stereocenters. The molecule has 0 unspecified atom stereocenters. The molecule has 0 spiro atoms. The van der Waals surface area contributed by atoms with E-state index < -0.39 is 18.6 Å². The molecule has 1 aromatic heterocycles. The summed E-state index contributed by atoms with van der Waals surface area (Å²) < 4.78 is 37.4. The van der Waals surface area contributed by atoms with Gasteiger partial charge in [-0.1, -0.05) is 24.9 Å². The molecule has 1 aromatic rings. The summed E-state index contributed by atoms with van der Waals surface area (Å²) >= 11 is 5.78. The van der Waals surface area contributed by atoms with Crippen molar-refractivity contribution in [2.75, 3.05) is 13.1 Å². The average Bonchev–Trinajstić information content (AvgIpc) is 2.33. The topological polar surface area (TPSA) is 33.2 Å². The lowest BCUT2D eigenvalue weighted by Crippen LogP contribution is -2.39. The average molecular weight is 295 g/mol. The van der Waals surface area contributed by atoms with Crippen LogP contribution in [0.2, 0.25) is 5.02 Å². The number of hydrogen-bond donors (Lipinski definition) is 0. The second kappa shape index (κ2) is 6.75. The van der Waals surface area contributed by atoms with Crippen LogP contribution in [-0.2, 0) is 0 Å². The fourth-order valence-corrected chi connectivity index (χ4v) is 1.74. The Balaban J connectivity index is 2.91. The molecule has 1 heterocycles. The van der Waals surface area contributed by atoms with Gasteiger partial charge in [-0.25, -0.2) is 0 Å². The van der Waals surface area contributed by atoms with Crippen LogP contribution in [0.4, 0.5) is 13.2 Å². The van der Waals surface area contributed by atoms with Gasteiger partial charge >= 0.3 is 6.18 Å². The van der Waals surface area contributed by atoms with Gasteiger partial charge in [0.15, 0.2) is 0 Å². The van der Waals surface area contributed by atoms with Crippen molar-refractivity contribution in [3.8, 4) is 0 Å². The molecule has 0 bridgehead atoms. The fraction of sp³-hybridized carbons (Fsp3) is 0.500. The van der Waals surface area contributed by atoms with E-state index in [9.17, 15) is 18.0 Å². The number of alkyl halides is 3. The third-order valence-corrected chi connectivity index (χ3v) is 2.74. The van der Waals surface area contributed by atoms with Crippen molar-refractivity contribution in [3.05, 3.63) is 29.0 Å². The molecule has 0 radical (unpaired) electrons. The predicted molar refractivity (Wildman–Crippen MR) is 66.1 cm³/mol. The molecule has 7 heteroatoms. The van der Waals surface area contributed by atoms with Crippen molar-refractivity contribution < 1.29 is 18.0 Å². The van der Waals surface area contributed by atoms with E-state index in [0.717, 1.165) is 4.90 Å². The van der Waals surface area contributed by atoms with Crippen LogP contribution in [0, 0.1) is 0 Å². The number of hydrogen-bond acceptors (Lipinski definition) is 2. The fourth-order valence-electron chi connectivity index (χ4n) is 1.54. The zero-order chi connectivity index (χ0) is 14.5. The minimum Gasteiger partial charge on any atom is -0.329 e. The highest BCUT2D eigenvalue weighted by Crippen LogP contribution is 2.21. The van der Waals surface area contributed by atoms with E-state index in [1.807, 2.05) is 6.92 Å². The Hall–Kier alpha value is -1.30. The summed E-state index contributed by atoms with van der Waals surface area (Å²) in [6.07, 6.45) is -0.662. The molecule has 0 saturated heterocycles. The first-order chi connectivity index (χ1) is 8.85. The van der Waals surface area contributed by atoms with Crippen LogP contribution in [0.15, 0.2) is 18.5 Å². The Bertz CT molecular complexity index is 437. The van der Waals surface area contributed by atoms with Crippen LogP contribution in [0.5, 0.6) is 0 Å². The molecule has 0 aliphatic carbocycles. The zero-order valence-corrected chi connectivity index (χ0v) is 11.1. The van der Waals surface area contributed by atoms with E-state index in [1.165, 1.54) is 18.5 Å². The second-order valence-corrected chi connectivity index (χ2v) is 4.46. The van der Waals surface area contributed by atoms with Gasteiger partial charge in [0.25, 0.3) is 5.91 Å². The Morgan fingerprint density at radius 2 is 2.16 bits per heavy atom. The van der Waals surface area contributed by atoms with Gasteiger partial charge in [-0.15, -0.1) is 0 Å². The van der Waals surface area contributed by atoms with Gasteiger partial charge in [-0.3, -0.25) is 9.78 Å². The van der Waals surface area contributed by atoms with E-state index >= 15 is 0 Å². The standard InChI is InChI=1S/C12H14ClF3N2O/c1-2-3-6-18(8-12(14,15)16)11(19)9-4-5-17-7-10(9)13/h4-5,7H,2-3,6,8H2,1H3. The highest BCUT2D eigenvalue weighted by Gasteiger charge is 2.33. The Kier molecular flexibility index (Phi) is 5.60. The molecular weight excluding hydrogens is 281 g/mol. The molecule has 19 heavy (non-hydrogen) atoms. The zero-order valence-electron chi connectivity index (χ0n) is 10.4. The van der Waals surface area contributed by atoms with E-state index in [0.29, 0.717) is 12.8 Å². The lowest BCUT2D eigenvalue weighted by atomic mass is 10.2.